The van der Waals surface area contributed by atoms with Crippen molar-refractivity contribution in [2.45, 2.75) is 20.8 Å². The summed E-state index contributed by atoms with van der Waals surface area (Å²) in [5.74, 6) is 0.581. The molecule has 0 fully saturated rings. The first-order chi connectivity index (χ1) is 14.9. The molecule has 3 rings (SSSR count). The minimum Gasteiger partial charge on any atom is -0.495 e. The van der Waals surface area contributed by atoms with E-state index in [1.165, 1.54) is 0 Å². The van der Waals surface area contributed by atoms with Gasteiger partial charge in [0.2, 0.25) is 0 Å². The van der Waals surface area contributed by atoms with Crippen LogP contribution in [0.2, 0.25) is 0 Å². The van der Waals surface area contributed by atoms with Gasteiger partial charge in [-0.2, -0.15) is 0 Å². The molecule has 3 aromatic carbocycles. The van der Waals surface area contributed by atoms with Gasteiger partial charge in [-0.1, -0.05) is 23.8 Å². The molecule has 0 bridgehead atoms. The maximum Gasteiger partial charge on any atom is 0.262 e. The monoisotopic (exact) mass is 418 g/mol. The fourth-order valence-electron chi connectivity index (χ4n) is 3.11. The van der Waals surface area contributed by atoms with Crippen LogP contribution < -0.4 is 20.1 Å². The van der Waals surface area contributed by atoms with E-state index in [1.807, 2.05) is 57.2 Å². The number of carbonyl (C=O) groups is 2. The normalized spacial score (nSPS) is 10.3. The third kappa shape index (κ3) is 5.85. The molecule has 6 nitrogen and oxygen atoms in total. The summed E-state index contributed by atoms with van der Waals surface area (Å²) in [6, 6.07) is 18.0. The van der Waals surface area contributed by atoms with Crippen molar-refractivity contribution in [3.05, 3.63) is 82.9 Å². The number of ether oxygens (including phenoxy) is 2. The molecule has 2 N–H and O–H groups in total. The molecule has 6 heteroatoms. The van der Waals surface area contributed by atoms with Crippen LogP contribution in [0.4, 0.5) is 11.4 Å². The largest absolute Gasteiger partial charge is 0.495 e. The van der Waals surface area contributed by atoms with E-state index in [0.717, 1.165) is 22.4 Å². The summed E-state index contributed by atoms with van der Waals surface area (Å²) >= 11 is 0. The molecule has 0 saturated heterocycles. The molecule has 3 aromatic rings. The van der Waals surface area contributed by atoms with Gasteiger partial charge in [-0.25, -0.2) is 0 Å². The Kier molecular flexibility index (Phi) is 6.92. The quantitative estimate of drug-likeness (QED) is 0.573. The lowest BCUT2D eigenvalue weighted by Gasteiger charge is -2.12. The Balaban J connectivity index is 1.57. The number of hydrogen-bond acceptors (Lipinski definition) is 4. The van der Waals surface area contributed by atoms with Gasteiger partial charge in [0.05, 0.1) is 12.8 Å². The van der Waals surface area contributed by atoms with Crippen molar-refractivity contribution in [2.75, 3.05) is 24.4 Å². The van der Waals surface area contributed by atoms with E-state index in [9.17, 15) is 9.59 Å². The molecule has 2 amide bonds. The third-order valence-electron chi connectivity index (χ3n) is 4.75. The Morgan fingerprint density at radius 3 is 2.16 bits per heavy atom. The Labute approximate surface area is 182 Å². The SMILES string of the molecule is COc1ccc(C)cc1NC(=O)c1ccc(OCC(=O)Nc2ccc(C)cc2C)cc1. The minimum absolute atomic E-state index is 0.126. The van der Waals surface area contributed by atoms with E-state index in [2.05, 4.69) is 10.6 Å². The molecular weight excluding hydrogens is 392 g/mol. The van der Waals surface area contributed by atoms with Gasteiger partial charge in [-0.05, 0) is 74.4 Å². The Hall–Kier alpha value is -3.80. The number of carbonyl (C=O) groups excluding carboxylic acids is 2. The summed E-state index contributed by atoms with van der Waals surface area (Å²) < 4.78 is 10.8. The first-order valence-corrected chi connectivity index (χ1v) is 9.91. The molecule has 0 radical (unpaired) electrons. The van der Waals surface area contributed by atoms with Crippen LogP contribution in [0.3, 0.4) is 0 Å². The van der Waals surface area contributed by atoms with Crippen molar-refractivity contribution < 1.29 is 19.1 Å². The number of methoxy groups -OCH3 is 1. The molecule has 0 unspecified atom stereocenters. The topological polar surface area (TPSA) is 76.7 Å². The number of rotatable bonds is 7. The minimum atomic E-state index is -0.261. The van der Waals surface area contributed by atoms with Crippen molar-refractivity contribution in [1.82, 2.24) is 0 Å². The van der Waals surface area contributed by atoms with Gasteiger partial charge < -0.3 is 20.1 Å². The fraction of sp³-hybridized carbons (Fsp3) is 0.200. The zero-order valence-electron chi connectivity index (χ0n) is 18.1. The molecule has 0 heterocycles. The van der Waals surface area contributed by atoms with Gasteiger partial charge in [0, 0.05) is 11.3 Å². The second-order valence-corrected chi connectivity index (χ2v) is 7.34. The molecule has 31 heavy (non-hydrogen) atoms. The van der Waals surface area contributed by atoms with E-state index in [4.69, 9.17) is 9.47 Å². The summed E-state index contributed by atoms with van der Waals surface area (Å²) in [5, 5.41) is 5.70. The average molecular weight is 418 g/mol. The number of aryl methyl sites for hydroxylation is 3. The summed E-state index contributed by atoms with van der Waals surface area (Å²) in [6.45, 7) is 5.76. The summed E-state index contributed by atoms with van der Waals surface area (Å²) in [5.41, 5.74) is 4.98. The van der Waals surface area contributed by atoms with Crippen LogP contribution in [0.5, 0.6) is 11.5 Å². The van der Waals surface area contributed by atoms with Crippen LogP contribution in [-0.4, -0.2) is 25.5 Å². The van der Waals surface area contributed by atoms with Crippen LogP contribution >= 0.6 is 0 Å². The van der Waals surface area contributed by atoms with Crippen molar-refractivity contribution in [3.8, 4) is 11.5 Å². The first-order valence-electron chi connectivity index (χ1n) is 9.91. The lowest BCUT2D eigenvalue weighted by Crippen LogP contribution is -2.20. The highest BCUT2D eigenvalue weighted by Crippen LogP contribution is 2.26. The second-order valence-electron chi connectivity index (χ2n) is 7.34. The highest BCUT2D eigenvalue weighted by atomic mass is 16.5. The van der Waals surface area contributed by atoms with Gasteiger partial charge in [0.25, 0.3) is 11.8 Å². The van der Waals surface area contributed by atoms with Crippen LogP contribution in [-0.2, 0) is 4.79 Å². The lowest BCUT2D eigenvalue weighted by molar-refractivity contribution is -0.118. The molecule has 0 aliphatic carbocycles. The smallest absolute Gasteiger partial charge is 0.262 e. The molecule has 0 spiro atoms. The highest BCUT2D eigenvalue weighted by Gasteiger charge is 2.11. The third-order valence-corrected chi connectivity index (χ3v) is 4.75. The predicted molar refractivity (Wildman–Crippen MR) is 122 cm³/mol. The van der Waals surface area contributed by atoms with Crippen molar-refractivity contribution in [2.24, 2.45) is 0 Å². The number of amides is 2. The van der Waals surface area contributed by atoms with Crippen molar-refractivity contribution in [1.29, 1.82) is 0 Å². The number of hydrogen-bond donors (Lipinski definition) is 2. The Morgan fingerprint density at radius 2 is 1.48 bits per heavy atom. The average Bonchev–Trinajstić information content (AvgIpc) is 2.75. The van der Waals surface area contributed by atoms with Gasteiger partial charge >= 0.3 is 0 Å². The predicted octanol–water partition coefficient (Wildman–Crippen LogP) is 4.89. The van der Waals surface area contributed by atoms with Crippen LogP contribution in [0.1, 0.15) is 27.0 Å². The number of anilines is 2. The summed E-state index contributed by atoms with van der Waals surface area (Å²) in [6.07, 6.45) is 0. The van der Waals surface area contributed by atoms with E-state index in [-0.39, 0.29) is 18.4 Å². The zero-order valence-corrected chi connectivity index (χ0v) is 18.1. The fourth-order valence-corrected chi connectivity index (χ4v) is 3.11. The molecule has 0 aromatic heterocycles. The Bertz CT molecular complexity index is 1090. The van der Waals surface area contributed by atoms with Crippen LogP contribution in [0.25, 0.3) is 0 Å². The van der Waals surface area contributed by atoms with E-state index < -0.39 is 0 Å². The van der Waals surface area contributed by atoms with Crippen LogP contribution in [0.15, 0.2) is 60.7 Å². The van der Waals surface area contributed by atoms with Gasteiger partial charge in [-0.15, -0.1) is 0 Å². The number of benzene rings is 3. The first kappa shape index (κ1) is 21.9. The summed E-state index contributed by atoms with van der Waals surface area (Å²) in [4.78, 5) is 24.7. The van der Waals surface area contributed by atoms with Crippen LogP contribution in [0, 0.1) is 20.8 Å². The maximum atomic E-state index is 12.6. The molecule has 0 aliphatic heterocycles. The standard InChI is InChI=1S/C25H26N2O4/c1-16-5-11-21(18(3)13-16)26-24(28)15-31-20-9-7-19(8-10-20)25(29)27-22-14-17(2)6-12-23(22)30-4/h5-14H,15H2,1-4H3,(H,26,28)(H,27,29). The van der Waals surface area contributed by atoms with E-state index >= 15 is 0 Å². The second kappa shape index (κ2) is 9.80. The van der Waals surface area contributed by atoms with Crippen molar-refractivity contribution in [3.63, 3.8) is 0 Å². The lowest BCUT2D eigenvalue weighted by atomic mass is 10.1. The molecule has 0 atom stereocenters. The molecule has 160 valence electrons. The van der Waals surface area contributed by atoms with Crippen molar-refractivity contribution >= 4 is 23.2 Å². The molecular formula is C25H26N2O4. The Morgan fingerprint density at radius 1 is 0.806 bits per heavy atom. The molecule has 0 aliphatic rings. The zero-order chi connectivity index (χ0) is 22.4. The van der Waals surface area contributed by atoms with Gasteiger partial charge in [0.15, 0.2) is 6.61 Å². The maximum absolute atomic E-state index is 12.6. The van der Waals surface area contributed by atoms with Gasteiger partial charge in [-0.3, -0.25) is 9.59 Å². The molecule has 0 saturated carbocycles. The van der Waals surface area contributed by atoms with Gasteiger partial charge in [0.1, 0.15) is 11.5 Å². The van der Waals surface area contributed by atoms with E-state index in [0.29, 0.717) is 22.7 Å². The highest BCUT2D eigenvalue weighted by molar-refractivity contribution is 6.05. The number of nitrogens with one attached hydrogen (secondary N) is 2. The summed E-state index contributed by atoms with van der Waals surface area (Å²) in [7, 11) is 1.56. The van der Waals surface area contributed by atoms with E-state index in [1.54, 1.807) is 31.4 Å².